The van der Waals surface area contributed by atoms with E-state index in [-0.39, 0.29) is 22.8 Å². The molecule has 174 valence electrons. The van der Waals surface area contributed by atoms with E-state index in [1.165, 1.54) is 32.9 Å². The summed E-state index contributed by atoms with van der Waals surface area (Å²) < 4.78 is 18.6. The average molecular weight is 461 g/mol. The maximum Gasteiger partial charge on any atom is 0.337 e. The summed E-state index contributed by atoms with van der Waals surface area (Å²) in [6, 6.07) is 14.6. The Hall–Kier alpha value is -4.14. The lowest BCUT2D eigenvalue weighted by atomic mass is 10.2. The first-order valence-corrected chi connectivity index (χ1v) is 11.0. The average Bonchev–Trinajstić information content (AvgIpc) is 3.62. The molecule has 8 nitrogen and oxygen atoms in total. The number of fused-ring (bicyclic) bond motifs is 1. The fourth-order valence-electron chi connectivity index (χ4n) is 4.23. The van der Waals surface area contributed by atoms with E-state index in [0.29, 0.717) is 17.1 Å². The van der Waals surface area contributed by atoms with Crippen molar-refractivity contribution >= 4 is 28.1 Å². The molecule has 0 bridgehead atoms. The molecule has 0 aliphatic heterocycles. The van der Waals surface area contributed by atoms with Crippen molar-refractivity contribution in [2.75, 3.05) is 24.3 Å². The van der Waals surface area contributed by atoms with Crippen LogP contribution in [-0.2, 0) is 7.05 Å². The zero-order valence-electron chi connectivity index (χ0n) is 19.1. The Morgan fingerprint density at radius 1 is 1.00 bits per heavy atom. The van der Waals surface area contributed by atoms with Crippen LogP contribution >= 0.6 is 0 Å². The third-order valence-corrected chi connectivity index (χ3v) is 6.09. The van der Waals surface area contributed by atoms with Gasteiger partial charge >= 0.3 is 5.69 Å². The molecule has 5 rings (SSSR count). The Bertz CT molecular complexity index is 1600. The second kappa shape index (κ2) is 8.02. The van der Waals surface area contributed by atoms with Gasteiger partial charge in [-0.2, -0.15) is 0 Å². The molecule has 34 heavy (non-hydrogen) atoms. The van der Waals surface area contributed by atoms with Gasteiger partial charge in [0.15, 0.2) is 0 Å². The summed E-state index contributed by atoms with van der Waals surface area (Å²) in [5.74, 6) is -0.445. The third kappa shape index (κ3) is 3.49. The molecule has 1 aliphatic carbocycles. The molecule has 0 saturated heterocycles. The van der Waals surface area contributed by atoms with Gasteiger partial charge in [0.1, 0.15) is 16.9 Å². The minimum absolute atomic E-state index is 0.179. The van der Waals surface area contributed by atoms with Crippen LogP contribution in [0.5, 0.6) is 0 Å². The Balaban J connectivity index is 1.83. The van der Waals surface area contributed by atoms with E-state index in [1.807, 2.05) is 6.07 Å². The lowest BCUT2D eigenvalue weighted by Gasteiger charge is -2.19. The van der Waals surface area contributed by atoms with Gasteiger partial charge in [-0.15, -0.1) is 0 Å². The van der Waals surface area contributed by atoms with Crippen LogP contribution in [0.2, 0.25) is 0 Å². The molecule has 2 aromatic heterocycles. The minimum atomic E-state index is -0.486. The number of anilines is 3. The van der Waals surface area contributed by atoms with Gasteiger partial charge in [0.25, 0.3) is 11.1 Å². The van der Waals surface area contributed by atoms with Crippen LogP contribution in [0.3, 0.4) is 0 Å². The highest BCUT2D eigenvalue weighted by molar-refractivity contribution is 5.91. The second-order valence-electron chi connectivity index (χ2n) is 8.70. The van der Waals surface area contributed by atoms with Crippen LogP contribution in [0.15, 0.2) is 69.0 Å². The zero-order valence-corrected chi connectivity index (χ0v) is 19.1. The highest BCUT2D eigenvalue weighted by atomic mass is 19.1. The van der Waals surface area contributed by atoms with Gasteiger partial charge in [0.05, 0.1) is 17.1 Å². The largest absolute Gasteiger partial charge is 0.375 e. The number of pyridine rings is 1. The molecule has 0 unspecified atom stereocenters. The van der Waals surface area contributed by atoms with Crippen LogP contribution in [0.1, 0.15) is 18.9 Å². The second-order valence-corrected chi connectivity index (χ2v) is 8.70. The molecule has 0 atom stereocenters. The third-order valence-electron chi connectivity index (χ3n) is 6.09. The molecular formula is C25H24FN5O3. The summed E-state index contributed by atoms with van der Waals surface area (Å²) >= 11 is 0. The molecule has 0 amide bonds. The van der Waals surface area contributed by atoms with Crippen molar-refractivity contribution in [2.45, 2.75) is 18.9 Å². The number of aryl methyl sites for hydroxylation is 1. The maximum atomic E-state index is 14.6. The summed E-state index contributed by atoms with van der Waals surface area (Å²) in [5.41, 5.74) is 0.366. The monoisotopic (exact) mass is 461 g/mol. The first kappa shape index (κ1) is 21.7. The lowest BCUT2D eigenvalue weighted by molar-refractivity contribution is 0.627. The number of nitrogens with zero attached hydrogens (tertiary/aromatic N) is 4. The van der Waals surface area contributed by atoms with E-state index < -0.39 is 22.6 Å². The molecule has 1 fully saturated rings. The highest BCUT2D eigenvalue weighted by Crippen LogP contribution is 2.33. The zero-order chi connectivity index (χ0) is 24.1. The van der Waals surface area contributed by atoms with Gasteiger partial charge in [-0.05, 0) is 43.2 Å². The Kier molecular flexibility index (Phi) is 5.11. The predicted octanol–water partition coefficient (Wildman–Crippen LogP) is 3.13. The number of hydrogen-bond acceptors (Lipinski definition) is 5. The molecule has 2 heterocycles. The van der Waals surface area contributed by atoms with Crippen molar-refractivity contribution in [2.24, 2.45) is 7.05 Å². The first-order valence-electron chi connectivity index (χ1n) is 11.0. The van der Waals surface area contributed by atoms with Crippen LogP contribution in [0.25, 0.3) is 16.7 Å². The van der Waals surface area contributed by atoms with Crippen molar-refractivity contribution in [1.29, 1.82) is 0 Å². The summed E-state index contributed by atoms with van der Waals surface area (Å²) in [4.78, 5) is 41.7. The number of halogens is 1. The fourth-order valence-corrected chi connectivity index (χ4v) is 4.23. The number of nitrogens with one attached hydrogen (secondary N) is 1. The maximum absolute atomic E-state index is 14.6. The standard InChI is InChI=1S/C25H24FN5O3/c1-28(2)20-12-9-15(13-18(20)26)27-19-14-21(32)29(3)23-22(19)24(33)31(17-10-11-17)25(34)30(23)16-7-5-4-6-8-16/h4-9,12-14,17,27H,10-11H2,1-3H3. The van der Waals surface area contributed by atoms with E-state index in [0.717, 1.165) is 12.8 Å². The Labute approximate surface area is 194 Å². The number of benzene rings is 2. The lowest BCUT2D eigenvalue weighted by Crippen LogP contribution is -2.41. The molecule has 1 N–H and O–H groups in total. The van der Waals surface area contributed by atoms with Crippen molar-refractivity contribution < 1.29 is 4.39 Å². The Morgan fingerprint density at radius 2 is 1.71 bits per heavy atom. The highest BCUT2D eigenvalue weighted by Gasteiger charge is 2.30. The van der Waals surface area contributed by atoms with Gasteiger partial charge in [-0.25, -0.2) is 13.8 Å². The van der Waals surface area contributed by atoms with Gasteiger partial charge in [0.2, 0.25) is 0 Å². The molecule has 1 aliphatic rings. The molecule has 1 saturated carbocycles. The van der Waals surface area contributed by atoms with Gasteiger partial charge in [0, 0.05) is 38.9 Å². The van der Waals surface area contributed by atoms with E-state index in [2.05, 4.69) is 5.32 Å². The van der Waals surface area contributed by atoms with Gasteiger partial charge in [-0.3, -0.25) is 18.7 Å². The number of para-hydroxylation sites is 1. The van der Waals surface area contributed by atoms with Crippen molar-refractivity contribution in [3.63, 3.8) is 0 Å². The quantitative estimate of drug-likeness (QED) is 0.494. The molecule has 0 radical (unpaired) electrons. The first-order chi connectivity index (χ1) is 16.3. The molecule has 9 heteroatoms. The SMILES string of the molecule is CN(C)c1ccc(Nc2cc(=O)n(C)c3c2c(=O)n(C2CC2)c(=O)n3-c2ccccc2)cc1F. The molecule has 2 aromatic carbocycles. The van der Waals surface area contributed by atoms with Crippen molar-refractivity contribution in [3.05, 3.63) is 91.6 Å². The van der Waals surface area contributed by atoms with E-state index >= 15 is 0 Å². The summed E-state index contributed by atoms with van der Waals surface area (Å²) in [6.07, 6.45) is 1.47. The number of hydrogen-bond donors (Lipinski definition) is 1. The predicted molar refractivity (Wildman–Crippen MR) is 131 cm³/mol. The van der Waals surface area contributed by atoms with Crippen LogP contribution in [-0.4, -0.2) is 27.8 Å². The number of rotatable bonds is 5. The molecular weight excluding hydrogens is 437 g/mol. The number of aromatic nitrogens is 3. The Morgan fingerprint density at radius 3 is 2.32 bits per heavy atom. The van der Waals surface area contributed by atoms with Crippen molar-refractivity contribution in [3.8, 4) is 5.69 Å². The topological polar surface area (TPSA) is 81.3 Å². The van der Waals surface area contributed by atoms with Crippen molar-refractivity contribution in [1.82, 2.24) is 13.7 Å². The summed E-state index contributed by atoms with van der Waals surface area (Å²) in [6.45, 7) is 0. The molecule has 4 aromatic rings. The van der Waals surface area contributed by atoms with E-state index in [9.17, 15) is 18.8 Å². The smallest absolute Gasteiger partial charge is 0.337 e. The van der Waals surface area contributed by atoms with Crippen LogP contribution in [0, 0.1) is 5.82 Å². The minimum Gasteiger partial charge on any atom is -0.375 e. The van der Waals surface area contributed by atoms with Gasteiger partial charge < -0.3 is 10.2 Å². The normalized spacial score (nSPS) is 13.3. The fraction of sp³-hybridized carbons (Fsp3) is 0.240. The van der Waals surface area contributed by atoms with E-state index in [1.54, 1.807) is 55.4 Å². The van der Waals surface area contributed by atoms with Gasteiger partial charge in [-0.1, -0.05) is 18.2 Å². The van der Waals surface area contributed by atoms with Crippen LogP contribution in [0.4, 0.5) is 21.5 Å². The summed E-state index contributed by atoms with van der Waals surface area (Å²) in [5, 5.41) is 3.24. The van der Waals surface area contributed by atoms with Crippen LogP contribution < -0.4 is 27.0 Å². The molecule has 0 spiro atoms. The van der Waals surface area contributed by atoms with E-state index in [4.69, 9.17) is 0 Å². The summed E-state index contributed by atoms with van der Waals surface area (Å²) in [7, 11) is 5.01.